The number of fused-ring (bicyclic) bond motifs is 1. The van der Waals surface area contributed by atoms with Crippen LogP contribution < -0.4 is 0 Å². The highest BCUT2D eigenvalue weighted by Crippen LogP contribution is 2.31. The van der Waals surface area contributed by atoms with Crippen LogP contribution in [0.15, 0.2) is 24.4 Å². The molecule has 0 fully saturated rings. The molecule has 6 heteroatoms. The van der Waals surface area contributed by atoms with Crippen LogP contribution in [0, 0.1) is 0 Å². The Bertz CT molecular complexity index is 607. The smallest absolute Gasteiger partial charge is 0.337 e. The van der Waals surface area contributed by atoms with Crippen molar-refractivity contribution in [1.29, 1.82) is 0 Å². The van der Waals surface area contributed by atoms with Gasteiger partial charge in [-0.15, -0.1) is 0 Å². The monoisotopic (exact) mass is 269 g/mol. The van der Waals surface area contributed by atoms with Crippen molar-refractivity contribution < 1.29 is 23.4 Å². The van der Waals surface area contributed by atoms with Crippen molar-refractivity contribution in [1.82, 2.24) is 4.57 Å². The first-order chi connectivity index (χ1) is 9.06. The number of rotatable bonds is 5. The number of hydrogen-bond acceptors (Lipinski definition) is 2. The highest BCUT2D eigenvalue weighted by atomic mass is 19.3. The van der Waals surface area contributed by atoms with Gasteiger partial charge in [0, 0.05) is 30.8 Å². The van der Waals surface area contributed by atoms with Gasteiger partial charge in [0.05, 0.1) is 17.7 Å². The molecule has 0 aliphatic rings. The second kappa shape index (κ2) is 5.36. The van der Waals surface area contributed by atoms with Gasteiger partial charge in [0.1, 0.15) is 0 Å². The minimum atomic E-state index is -2.65. The minimum absolute atomic E-state index is 0.0219. The maximum absolute atomic E-state index is 13.0. The summed E-state index contributed by atoms with van der Waals surface area (Å²) in [6, 6.07) is 4.28. The molecule has 1 heterocycles. The predicted molar refractivity (Wildman–Crippen MR) is 65.7 cm³/mol. The van der Waals surface area contributed by atoms with Gasteiger partial charge in [-0.3, -0.25) is 0 Å². The summed E-state index contributed by atoms with van der Waals surface area (Å²) >= 11 is 0. The van der Waals surface area contributed by atoms with E-state index in [0.29, 0.717) is 18.5 Å². The van der Waals surface area contributed by atoms with E-state index in [1.165, 1.54) is 36.1 Å². The second-order valence-electron chi connectivity index (χ2n) is 4.08. The molecule has 1 aromatic carbocycles. The van der Waals surface area contributed by atoms with Gasteiger partial charge in [-0.05, 0) is 0 Å². The zero-order chi connectivity index (χ0) is 14.0. The maximum atomic E-state index is 13.0. The van der Waals surface area contributed by atoms with Crippen LogP contribution in [0.25, 0.3) is 10.9 Å². The van der Waals surface area contributed by atoms with Crippen LogP contribution in [0.1, 0.15) is 22.3 Å². The Morgan fingerprint density at radius 2 is 2.21 bits per heavy atom. The van der Waals surface area contributed by atoms with Gasteiger partial charge < -0.3 is 14.4 Å². The van der Waals surface area contributed by atoms with Crippen molar-refractivity contribution in [2.45, 2.75) is 13.0 Å². The number of halogens is 2. The summed E-state index contributed by atoms with van der Waals surface area (Å²) in [7, 11) is 1.50. The van der Waals surface area contributed by atoms with E-state index in [1.807, 2.05) is 0 Å². The van der Waals surface area contributed by atoms with Crippen LogP contribution in [0.3, 0.4) is 0 Å². The normalized spacial score (nSPS) is 11.4. The fraction of sp³-hybridized carbons (Fsp3) is 0.308. The number of para-hydroxylation sites is 1. The summed E-state index contributed by atoms with van der Waals surface area (Å²) in [6.07, 6.45) is -1.28. The van der Waals surface area contributed by atoms with Gasteiger partial charge in [0.25, 0.3) is 6.43 Å². The van der Waals surface area contributed by atoms with Crippen LogP contribution in [0.2, 0.25) is 0 Å². The zero-order valence-electron chi connectivity index (χ0n) is 10.3. The van der Waals surface area contributed by atoms with Crippen molar-refractivity contribution >= 4 is 16.9 Å². The van der Waals surface area contributed by atoms with E-state index < -0.39 is 12.4 Å². The van der Waals surface area contributed by atoms with E-state index >= 15 is 0 Å². The molecule has 1 aromatic heterocycles. The van der Waals surface area contributed by atoms with Crippen LogP contribution in [0.5, 0.6) is 0 Å². The Morgan fingerprint density at radius 1 is 1.47 bits per heavy atom. The number of aromatic nitrogens is 1. The first-order valence-corrected chi connectivity index (χ1v) is 5.68. The molecule has 4 nitrogen and oxygen atoms in total. The van der Waals surface area contributed by atoms with E-state index in [-0.39, 0.29) is 16.6 Å². The van der Waals surface area contributed by atoms with Crippen molar-refractivity contribution in [3.63, 3.8) is 0 Å². The average molecular weight is 269 g/mol. The second-order valence-corrected chi connectivity index (χ2v) is 4.08. The Kier molecular flexibility index (Phi) is 3.80. The first-order valence-electron chi connectivity index (χ1n) is 5.68. The lowest BCUT2D eigenvalue weighted by atomic mass is 10.1. The van der Waals surface area contributed by atoms with Crippen LogP contribution in [-0.4, -0.2) is 29.4 Å². The van der Waals surface area contributed by atoms with Gasteiger partial charge in [-0.2, -0.15) is 0 Å². The molecule has 0 spiro atoms. The average Bonchev–Trinajstić information content (AvgIpc) is 2.75. The van der Waals surface area contributed by atoms with E-state index in [0.717, 1.165) is 0 Å². The number of nitrogens with zero attached hydrogens (tertiary/aromatic N) is 1. The highest BCUT2D eigenvalue weighted by molar-refractivity contribution is 6.04. The summed E-state index contributed by atoms with van der Waals surface area (Å²) in [5.74, 6) is -1.13. The number of methoxy groups -OCH3 is 1. The number of aromatic carboxylic acids is 1. The molecule has 0 aliphatic heterocycles. The zero-order valence-corrected chi connectivity index (χ0v) is 10.3. The van der Waals surface area contributed by atoms with Gasteiger partial charge in [0.2, 0.25) is 0 Å². The molecule has 2 aromatic rings. The largest absolute Gasteiger partial charge is 0.478 e. The van der Waals surface area contributed by atoms with Crippen molar-refractivity contribution in [2.24, 2.45) is 0 Å². The number of hydrogen-bond donors (Lipinski definition) is 1. The van der Waals surface area contributed by atoms with Gasteiger partial charge in [-0.25, -0.2) is 13.6 Å². The van der Waals surface area contributed by atoms with E-state index in [2.05, 4.69) is 0 Å². The van der Waals surface area contributed by atoms with E-state index in [9.17, 15) is 13.6 Å². The third-order valence-corrected chi connectivity index (χ3v) is 2.93. The number of carboxylic acids is 1. The summed E-state index contributed by atoms with van der Waals surface area (Å²) in [5, 5.41) is 9.44. The van der Waals surface area contributed by atoms with Crippen LogP contribution >= 0.6 is 0 Å². The summed E-state index contributed by atoms with van der Waals surface area (Å²) in [6.45, 7) is 0.643. The third kappa shape index (κ3) is 2.44. The number of benzene rings is 1. The number of carbonyl (C=O) groups is 1. The SMILES string of the molecule is COCCn1cc(C(=O)O)c2cccc(C(F)F)c21. The fourth-order valence-corrected chi connectivity index (χ4v) is 2.10. The fourth-order valence-electron chi connectivity index (χ4n) is 2.10. The summed E-state index contributed by atoms with van der Waals surface area (Å²) in [4.78, 5) is 11.2. The molecule has 1 N–H and O–H groups in total. The molecule has 0 aliphatic carbocycles. The molecule has 0 amide bonds. The molecular weight excluding hydrogens is 256 g/mol. The molecule has 19 heavy (non-hydrogen) atoms. The highest BCUT2D eigenvalue weighted by Gasteiger charge is 2.20. The van der Waals surface area contributed by atoms with Gasteiger partial charge in [-0.1, -0.05) is 18.2 Å². The summed E-state index contributed by atoms with van der Waals surface area (Å²) in [5.41, 5.74) is 0.113. The lowest BCUT2D eigenvalue weighted by molar-refractivity contribution is 0.0698. The summed E-state index contributed by atoms with van der Waals surface area (Å²) < 4.78 is 32.4. The molecule has 0 radical (unpaired) electrons. The molecule has 0 saturated carbocycles. The molecule has 102 valence electrons. The van der Waals surface area contributed by atoms with E-state index in [4.69, 9.17) is 9.84 Å². The molecule has 0 bridgehead atoms. The number of alkyl halides is 2. The molecule has 0 saturated heterocycles. The lowest BCUT2D eigenvalue weighted by Crippen LogP contribution is -2.04. The Balaban J connectivity index is 2.68. The predicted octanol–water partition coefficient (Wildman–Crippen LogP) is 2.92. The van der Waals surface area contributed by atoms with Crippen LogP contribution in [0.4, 0.5) is 8.78 Å². The Morgan fingerprint density at radius 3 is 2.79 bits per heavy atom. The van der Waals surface area contributed by atoms with Gasteiger partial charge in [0.15, 0.2) is 0 Å². The van der Waals surface area contributed by atoms with Crippen molar-refractivity contribution in [2.75, 3.05) is 13.7 Å². The third-order valence-electron chi connectivity index (χ3n) is 2.93. The number of ether oxygens (including phenoxy) is 1. The van der Waals surface area contributed by atoms with Crippen molar-refractivity contribution in [3.8, 4) is 0 Å². The Labute approximate surface area is 108 Å². The maximum Gasteiger partial charge on any atom is 0.337 e. The van der Waals surface area contributed by atoms with E-state index in [1.54, 1.807) is 0 Å². The Hall–Kier alpha value is -1.95. The molecule has 2 rings (SSSR count). The minimum Gasteiger partial charge on any atom is -0.478 e. The quantitative estimate of drug-likeness (QED) is 0.908. The van der Waals surface area contributed by atoms with Gasteiger partial charge >= 0.3 is 5.97 Å². The van der Waals surface area contributed by atoms with Crippen molar-refractivity contribution in [3.05, 3.63) is 35.5 Å². The lowest BCUT2D eigenvalue weighted by Gasteiger charge is -2.08. The first kappa shape index (κ1) is 13.5. The standard InChI is InChI=1S/C13H13F2NO3/c1-19-6-5-16-7-10(13(17)18)8-3-2-4-9(11(8)16)12(14)15/h2-4,7,12H,5-6H2,1H3,(H,17,18). The molecule has 0 atom stereocenters. The number of carboxylic acid groups (broad SMARTS) is 1. The van der Waals surface area contributed by atoms with Crippen LogP contribution in [-0.2, 0) is 11.3 Å². The molecule has 0 unspecified atom stereocenters. The molecular formula is C13H13F2NO3. The topological polar surface area (TPSA) is 51.5 Å².